The molecule has 2 aliphatic rings. The van der Waals surface area contributed by atoms with E-state index in [0.29, 0.717) is 37.1 Å². The quantitative estimate of drug-likeness (QED) is 0.709. The lowest BCUT2D eigenvalue weighted by atomic mass is 9.90. The fraction of sp³-hybridized carbons (Fsp3) is 0.889. The van der Waals surface area contributed by atoms with Crippen LogP contribution in [0.25, 0.3) is 0 Å². The maximum Gasteiger partial charge on any atom is 0.244 e. The van der Waals surface area contributed by atoms with Gasteiger partial charge >= 0.3 is 0 Å². The zero-order valence-electron chi connectivity index (χ0n) is 17.1. The summed E-state index contributed by atoms with van der Waals surface area (Å²) in [6, 6.07) is 1.24. The number of aromatic nitrogens is 4. The average Bonchev–Trinajstić information content (AvgIpc) is 3.14. The standard InChI is InChI=1S/C18H34N8O/c1-13(2)24(3)11-17-21-22-23-26(17)12-18(27)25(4)10-16-14-8-6-5-7-9-15(14)19-20-16/h13-16,19-20H,5-12H2,1-4H3. The molecular weight excluding hydrogens is 344 g/mol. The third-order valence-corrected chi connectivity index (χ3v) is 6.10. The van der Waals surface area contributed by atoms with Crippen LogP contribution in [-0.4, -0.2) is 74.7 Å². The van der Waals surface area contributed by atoms with E-state index in [9.17, 15) is 4.79 Å². The lowest BCUT2D eigenvalue weighted by molar-refractivity contribution is -0.131. The number of hydrogen-bond acceptors (Lipinski definition) is 7. The van der Waals surface area contributed by atoms with Gasteiger partial charge in [0.2, 0.25) is 5.91 Å². The number of carbonyl (C=O) groups is 1. The molecule has 1 aliphatic carbocycles. The third-order valence-electron chi connectivity index (χ3n) is 6.10. The summed E-state index contributed by atoms with van der Waals surface area (Å²) in [5.41, 5.74) is 6.87. The summed E-state index contributed by atoms with van der Waals surface area (Å²) in [6.45, 7) is 5.75. The van der Waals surface area contributed by atoms with Crippen LogP contribution in [-0.2, 0) is 17.9 Å². The first-order chi connectivity index (χ1) is 13.0. The molecule has 2 N–H and O–H groups in total. The van der Waals surface area contributed by atoms with Crippen LogP contribution in [0.3, 0.4) is 0 Å². The number of nitrogens with zero attached hydrogens (tertiary/aromatic N) is 6. The predicted molar refractivity (Wildman–Crippen MR) is 102 cm³/mol. The molecule has 1 saturated heterocycles. The van der Waals surface area contributed by atoms with E-state index in [2.05, 4.69) is 45.1 Å². The summed E-state index contributed by atoms with van der Waals surface area (Å²) in [5, 5.41) is 11.9. The van der Waals surface area contributed by atoms with Crippen LogP contribution in [0.15, 0.2) is 0 Å². The minimum absolute atomic E-state index is 0.0367. The van der Waals surface area contributed by atoms with Gasteiger partial charge in [0, 0.05) is 31.7 Å². The molecule has 3 atom stereocenters. The Morgan fingerprint density at radius 2 is 2.00 bits per heavy atom. The van der Waals surface area contributed by atoms with E-state index in [1.54, 1.807) is 4.68 Å². The largest absolute Gasteiger partial charge is 0.343 e. The number of tetrazole rings is 1. The molecule has 0 aromatic carbocycles. The Kier molecular flexibility index (Phi) is 6.78. The number of fused-ring (bicyclic) bond motifs is 1. The van der Waals surface area contributed by atoms with Gasteiger partial charge in [-0.05, 0) is 50.1 Å². The first kappa shape index (κ1) is 20.2. The van der Waals surface area contributed by atoms with Crippen LogP contribution < -0.4 is 10.9 Å². The van der Waals surface area contributed by atoms with E-state index in [1.165, 1.54) is 32.1 Å². The zero-order chi connectivity index (χ0) is 19.4. The number of hydrogen-bond donors (Lipinski definition) is 2. The van der Waals surface area contributed by atoms with Crippen molar-refractivity contribution in [3.63, 3.8) is 0 Å². The summed E-state index contributed by atoms with van der Waals surface area (Å²) < 4.78 is 1.62. The van der Waals surface area contributed by atoms with Crippen LogP contribution in [0.1, 0.15) is 51.8 Å². The first-order valence-electron chi connectivity index (χ1n) is 10.2. The number of rotatable bonds is 7. The van der Waals surface area contributed by atoms with Crippen LogP contribution in [0.2, 0.25) is 0 Å². The van der Waals surface area contributed by atoms with Crippen LogP contribution >= 0.6 is 0 Å². The Morgan fingerprint density at radius 1 is 1.22 bits per heavy atom. The van der Waals surface area contributed by atoms with Crippen molar-refractivity contribution in [3.05, 3.63) is 5.82 Å². The fourth-order valence-electron chi connectivity index (χ4n) is 4.01. The summed E-state index contributed by atoms with van der Waals surface area (Å²) in [7, 11) is 3.90. The molecular formula is C18H34N8O. The molecule has 1 amide bonds. The van der Waals surface area contributed by atoms with Crippen molar-refractivity contribution in [2.75, 3.05) is 20.6 Å². The second-order valence-electron chi connectivity index (χ2n) is 8.34. The molecule has 1 aromatic heterocycles. The topological polar surface area (TPSA) is 91.2 Å². The van der Waals surface area contributed by atoms with Gasteiger partial charge in [-0.25, -0.2) is 4.68 Å². The Hall–Kier alpha value is -1.58. The zero-order valence-corrected chi connectivity index (χ0v) is 17.1. The Bertz CT molecular complexity index is 618. The average molecular weight is 379 g/mol. The fourth-order valence-corrected chi connectivity index (χ4v) is 4.01. The van der Waals surface area contributed by atoms with Crippen LogP contribution in [0.4, 0.5) is 0 Å². The van der Waals surface area contributed by atoms with Gasteiger partial charge in [-0.15, -0.1) is 5.10 Å². The molecule has 152 valence electrons. The molecule has 1 aromatic rings. The SMILES string of the molecule is CC(C)N(C)Cc1nnnn1CC(=O)N(C)CC1NNC2CCCCCC21. The highest BCUT2D eigenvalue weighted by molar-refractivity contribution is 5.75. The molecule has 1 aliphatic heterocycles. The van der Waals surface area contributed by atoms with Crippen molar-refractivity contribution >= 4 is 5.91 Å². The minimum atomic E-state index is 0.0367. The normalized spacial score (nSPS) is 25.6. The van der Waals surface area contributed by atoms with Gasteiger partial charge in [0.15, 0.2) is 5.82 Å². The maximum atomic E-state index is 12.7. The number of nitrogens with one attached hydrogen (secondary N) is 2. The van der Waals surface area contributed by atoms with Crippen molar-refractivity contribution in [2.45, 2.75) is 77.2 Å². The van der Waals surface area contributed by atoms with Crippen LogP contribution in [0.5, 0.6) is 0 Å². The molecule has 0 bridgehead atoms. The molecule has 0 spiro atoms. The van der Waals surface area contributed by atoms with Crippen molar-refractivity contribution in [2.24, 2.45) is 5.92 Å². The number of likely N-dealkylation sites (N-methyl/N-ethyl adjacent to an activating group) is 1. The van der Waals surface area contributed by atoms with Gasteiger partial charge in [-0.2, -0.15) is 0 Å². The second-order valence-corrected chi connectivity index (χ2v) is 8.34. The summed E-state index contributed by atoms with van der Waals surface area (Å²) >= 11 is 0. The van der Waals surface area contributed by atoms with E-state index in [-0.39, 0.29) is 12.5 Å². The molecule has 9 heteroatoms. The molecule has 2 fully saturated rings. The predicted octanol–water partition coefficient (Wildman–Crippen LogP) is 0.397. The molecule has 9 nitrogen and oxygen atoms in total. The van der Waals surface area contributed by atoms with Crippen LogP contribution in [0, 0.1) is 5.92 Å². The highest BCUT2D eigenvalue weighted by atomic mass is 16.2. The second kappa shape index (κ2) is 9.07. The number of hydrazine groups is 1. The molecule has 27 heavy (non-hydrogen) atoms. The van der Waals surface area contributed by atoms with Gasteiger partial charge in [0.1, 0.15) is 6.54 Å². The van der Waals surface area contributed by atoms with E-state index in [1.807, 2.05) is 19.0 Å². The summed E-state index contributed by atoms with van der Waals surface area (Å²) in [6.07, 6.45) is 6.36. The highest BCUT2D eigenvalue weighted by Gasteiger charge is 2.37. The Labute approximate surface area is 161 Å². The van der Waals surface area contributed by atoms with Gasteiger partial charge in [0.05, 0.1) is 6.54 Å². The van der Waals surface area contributed by atoms with E-state index in [0.717, 1.165) is 5.82 Å². The number of carbonyl (C=O) groups excluding carboxylic acids is 1. The van der Waals surface area contributed by atoms with E-state index in [4.69, 9.17) is 0 Å². The smallest absolute Gasteiger partial charge is 0.244 e. The summed E-state index contributed by atoms with van der Waals surface area (Å²) in [5.74, 6) is 1.36. The monoisotopic (exact) mass is 378 g/mol. The van der Waals surface area contributed by atoms with Crippen molar-refractivity contribution in [1.82, 2.24) is 40.9 Å². The van der Waals surface area contributed by atoms with Gasteiger partial charge in [-0.1, -0.05) is 19.3 Å². The van der Waals surface area contributed by atoms with Crippen molar-refractivity contribution in [1.29, 1.82) is 0 Å². The summed E-state index contributed by atoms with van der Waals surface area (Å²) in [4.78, 5) is 16.7. The van der Waals surface area contributed by atoms with Crippen molar-refractivity contribution in [3.8, 4) is 0 Å². The van der Waals surface area contributed by atoms with E-state index >= 15 is 0 Å². The third kappa shape index (κ3) is 5.03. The Morgan fingerprint density at radius 3 is 2.78 bits per heavy atom. The molecule has 0 radical (unpaired) electrons. The molecule has 3 unspecified atom stereocenters. The number of amides is 1. The molecule has 1 saturated carbocycles. The van der Waals surface area contributed by atoms with Gasteiger partial charge in [-0.3, -0.25) is 20.5 Å². The minimum Gasteiger partial charge on any atom is -0.343 e. The Balaban J connectivity index is 1.55. The van der Waals surface area contributed by atoms with Gasteiger partial charge < -0.3 is 4.90 Å². The molecule has 3 rings (SSSR count). The lowest BCUT2D eigenvalue weighted by Gasteiger charge is -2.26. The lowest BCUT2D eigenvalue weighted by Crippen LogP contribution is -2.44. The van der Waals surface area contributed by atoms with Crippen molar-refractivity contribution < 1.29 is 4.79 Å². The molecule has 2 heterocycles. The van der Waals surface area contributed by atoms with E-state index < -0.39 is 0 Å². The van der Waals surface area contributed by atoms with Gasteiger partial charge in [0.25, 0.3) is 0 Å². The maximum absolute atomic E-state index is 12.7. The highest BCUT2D eigenvalue weighted by Crippen LogP contribution is 2.29. The first-order valence-corrected chi connectivity index (χ1v) is 10.2.